The Bertz CT molecular complexity index is 1400. The van der Waals surface area contributed by atoms with Crippen molar-refractivity contribution in [2.45, 2.75) is 64.3 Å². The maximum atomic E-state index is 14.0. The zero-order chi connectivity index (χ0) is 24.6. The van der Waals surface area contributed by atoms with Crippen LogP contribution >= 0.6 is 0 Å². The Balaban J connectivity index is 1.34. The molecule has 1 aliphatic carbocycles. The van der Waals surface area contributed by atoms with E-state index in [1.165, 1.54) is 30.5 Å². The van der Waals surface area contributed by atoms with E-state index in [-0.39, 0.29) is 11.9 Å². The number of hydrogen-bond acceptors (Lipinski definition) is 4. The molecular formula is C30H33N5O. The van der Waals surface area contributed by atoms with Crippen molar-refractivity contribution in [1.82, 2.24) is 24.5 Å². The molecule has 4 heterocycles. The molecule has 2 aliphatic rings. The largest absolute Gasteiger partial charge is 0.330 e. The van der Waals surface area contributed by atoms with E-state index in [1.807, 2.05) is 52.0 Å². The smallest absolute Gasteiger partial charge is 0.255 e. The summed E-state index contributed by atoms with van der Waals surface area (Å²) in [7, 11) is 0. The molecule has 0 spiro atoms. The highest BCUT2D eigenvalue weighted by Gasteiger charge is 2.32. The zero-order valence-corrected chi connectivity index (χ0v) is 21.1. The number of amides is 1. The number of aromatic nitrogens is 4. The van der Waals surface area contributed by atoms with Gasteiger partial charge in [-0.25, -0.2) is 9.50 Å². The summed E-state index contributed by atoms with van der Waals surface area (Å²) in [5.41, 5.74) is 6.84. The van der Waals surface area contributed by atoms with Crippen molar-refractivity contribution < 1.29 is 4.79 Å². The summed E-state index contributed by atoms with van der Waals surface area (Å²) in [6.45, 7) is 5.22. The van der Waals surface area contributed by atoms with Crippen LogP contribution in [0.3, 0.4) is 0 Å². The van der Waals surface area contributed by atoms with Gasteiger partial charge in [0.1, 0.15) is 0 Å². The highest BCUT2D eigenvalue weighted by atomic mass is 16.2. The van der Waals surface area contributed by atoms with Gasteiger partial charge in [0.15, 0.2) is 5.65 Å². The molecule has 1 unspecified atom stereocenters. The molecule has 1 saturated heterocycles. The highest BCUT2D eigenvalue weighted by Crippen LogP contribution is 2.39. The van der Waals surface area contributed by atoms with Crippen molar-refractivity contribution in [2.24, 2.45) is 5.92 Å². The molecule has 1 saturated carbocycles. The highest BCUT2D eigenvalue weighted by molar-refractivity contribution is 6.01. The quantitative estimate of drug-likeness (QED) is 0.341. The molecule has 184 valence electrons. The lowest BCUT2D eigenvalue weighted by atomic mass is 9.95. The van der Waals surface area contributed by atoms with Crippen LogP contribution in [0.5, 0.6) is 0 Å². The van der Waals surface area contributed by atoms with Gasteiger partial charge in [-0.05, 0) is 68.2 Å². The summed E-state index contributed by atoms with van der Waals surface area (Å²) >= 11 is 0. The van der Waals surface area contributed by atoms with E-state index in [1.54, 1.807) is 6.20 Å². The van der Waals surface area contributed by atoms with E-state index in [2.05, 4.69) is 31.1 Å². The number of nitrogens with zero attached hydrogens (tertiary/aromatic N) is 5. The Hall–Kier alpha value is -3.54. The number of pyridine rings is 1. The number of carbonyl (C=O) groups is 1. The molecule has 3 aromatic heterocycles. The number of carbonyl (C=O) groups excluding carboxylic acids is 1. The van der Waals surface area contributed by atoms with E-state index in [4.69, 9.17) is 10.1 Å². The lowest BCUT2D eigenvalue weighted by Crippen LogP contribution is -2.39. The van der Waals surface area contributed by atoms with Gasteiger partial charge < -0.3 is 4.90 Å². The summed E-state index contributed by atoms with van der Waals surface area (Å²) in [4.78, 5) is 25.3. The third kappa shape index (κ3) is 4.19. The van der Waals surface area contributed by atoms with E-state index in [9.17, 15) is 4.79 Å². The molecule has 2 fully saturated rings. The SMILES string of the molecule is Cc1cn2nc([C@@H]3CCCCN3C(=O)c3ccccc3-c3cccnc3)cc2nc1C1CC[C@H](C)C1. The maximum Gasteiger partial charge on any atom is 0.255 e. The van der Waals surface area contributed by atoms with Crippen molar-refractivity contribution >= 4 is 11.6 Å². The molecule has 0 N–H and O–H groups in total. The number of likely N-dealkylation sites (tertiary alicyclic amines) is 1. The summed E-state index contributed by atoms with van der Waals surface area (Å²) in [5, 5.41) is 4.94. The predicted octanol–water partition coefficient (Wildman–Crippen LogP) is 6.37. The van der Waals surface area contributed by atoms with Gasteiger partial charge >= 0.3 is 0 Å². The van der Waals surface area contributed by atoms with Crippen LogP contribution in [-0.2, 0) is 0 Å². The van der Waals surface area contributed by atoms with Gasteiger partial charge in [0, 0.05) is 48.2 Å². The Morgan fingerprint density at radius 2 is 1.94 bits per heavy atom. The minimum absolute atomic E-state index is 0.0508. The Morgan fingerprint density at radius 1 is 1.06 bits per heavy atom. The van der Waals surface area contributed by atoms with Gasteiger partial charge in [0.25, 0.3) is 5.91 Å². The van der Waals surface area contributed by atoms with Gasteiger partial charge in [-0.15, -0.1) is 0 Å². The molecule has 4 aromatic rings. The molecule has 6 heteroatoms. The lowest BCUT2D eigenvalue weighted by molar-refractivity contribution is 0.0606. The standard InChI is InChI=1S/C30H33N5O/c1-20-12-13-22(16-20)29-21(2)19-35-28(32-29)17-26(33-35)27-11-5-6-15-34(27)30(36)25-10-4-3-9-24(25)23-8-7-14-31-18-23/h3-4,7-10,14,17-20,22,27H,5-6,11-13,15-16H2,1-2H3/t20-,22?,27-/m0/s1. The summed E-state index contributed by atoms with van der Waals surface area (Å²) in [5.74, 6) is 1.37. The minimum Gasteiger partial charge on any atom is -0.330 e. The monoisotopic (exact) mass is 479 g/mol. The van der Waals surface area contributed by atoms with E-state index < -0.39 is 0 Å². The number of hydrogen-bond donors (Lipinski definition) is 0. The molecule has 6 nitrogen and oxygen atoms in total. The summed E-state index contributed by atoms with van der Waals surface area (Å²) < 4.78 is 1.91. The first-order chi connectivity index (χ1) is 17.6. The minimum atomic E-state index is -0.0508. The first kappa shape index (κ1) is 22.9. The second kappa shape index (κ2) is 9.49. The first-order valence-corrected chi connectivity index (χ1v) is 13.3. The Labute approximate surface area is 212 Å². The van der Waals surface area contributed by atoms with Crippen molar-refractivity contribution in [3.05, 3.63) is 83.6 Å². The van der Waals surface area contributed by atoms with Gasteiger partial charge in [-0.3, -0.25) is 9.78 Å². The average Bonchev–Trinajstić information content (AvgIpc) is 3.54. The summed E-state index contributed by atoms with van der Waals surface area (Å²) in [6, 6.07) is 13.8. The van der Waals surface area contributed by atoms with Crippen LogP contribution in [0.4, 0.5) is 0 Å². The number of benzene rings is 1. The molecule has 1 aliphatic heterocycles. The normalized spacial score (nSPS) is 22.3. The molecule has 36 heavy (non-hydrogen) atoms. The van der Waals surface area contributed by atoms with Crippen LogP contribution in [0, 0.1) is 12.8 Å². The fraction of sp³-hybridized carbons (Fsp3) is 0.400. The fourth-order valence-electron chi connectivity index (χ4n) is 6.15. The predicted molar refractivity (Wildman–Crippen MR) is 141 cm³/mol. The van der Waals surface area contributed by atoms with Gasteiger partial charge in [0.05, 0.1) is 17.4 Å². The van der Waals surface area contributed by atoms with Crippen LogP contribution in [0.2, 0.25) is 0 Å². The lowest BCUT2D eigenvalue weighted by Gasteiger charge is -2.35. The number of piperidine rings is 1. The van der Waals surface area contributed by atoms with Gasteiger partial charge in [0.2, 0.25) is 0 Å². The van der Waals surface area contributed by atoms with Crippen LogP contribution in [0.1, 0.15) is 84.7 Å². The summed E-state index contributed by atoms with van der Waals surface area (Å²) in [6.07, 6.45) is 12.4. The second-order valence-corrected chi connectivity index (χ2v) is 10.6. The van der Waals surface area contributed by atoms with E-state index in [0.29, 0.717) is 11.5 Å². The topological polar surface area (TPSA) is 63.4 Å². The Kier molecular flexibility index (Phi) is 6.04. The molecule has 0 bridgehead atoms. The fourth-order valence-corrected chi connectivity index (χ4v) is 6.15. The average molecular weight is 480 g/mol. The van der Waals surface area contributed by atoms with E-state index in [0.717, 1.165) is 54.2 Å². The number of fused-ring (bicyclic) bond motifs is 1. The van der Waals surface area contributed by atoms with Crippen molar-refractivity contribution in [1.29, 1.82) is 0 Å². The molecule has 1 aromatic carbocycles. The molecule has 6 rings (SSSR count). The van der Waals surface area contributed by atoms with Crippen LogP contribution < -0.4 is 0 Å². The second-order valence-electron chi connectivity index (χ2n) is 10.6. The van der Waals surface area contributed by atoms with Crippen LogP contribution in [-0.4, -0.2) is 36.9 Å². The molecule has 1 amide bonds. The molecular weight excluding hydrogens is 446 g/mol. The van der Waals surface area contributed by atoms with Crippen molar-refractivity contribution in [3.8, 4) is 11.1 Å². The Morgan fingerprint density at radius 3 is 2.75 bits per heavy atom. The zero-order valence-electron chi connectivity index (χ0n) is 21.1. The van der Waals surface area contributed by atoms with Crippen molar-refractivity contribution in [2.75, 3.05) is 6.54 Å². The third-order valence-corrected chi connectivity index (χ3v) is 8.01. The maximum absolute atomic E-state index is 14.0. The molecule has 0 radical (unpaired) electrons. The van der Waals surface area contributed by atoms with Crippen molar-refractivity contribution in [3.63, 3.8) is 0 Å². The number of rotatable bonds is 4. The van der Waals surface area contributed by atoms with Gasteiger partial charge in [-0.1, -0.05) is 37.6 Å². The van der Waals surface area contributed by atoms with E-state index >= 15 is 0 Å². The van der Waals surface area contributed by atoms with Crippen LogP contribution in [0.15, 0.2) is 61.1 Å². The number of aryl methyl sites for hydroxylation is 1. The molecule has 3 atom stereocenters. The van der Waals surface area contributed by atoms with Crippen LogP contribution in [0.25, 0.3) is 16.8 Å². The first-order valence-electron chi connectivity index (χ1n) is 13.3. The van der Waals surface area contributed by atoms with Gasteiger partial charge in [-0.2, -0.15) is 5.10 Å². The third-order valence-electron chi connectivity index (χ3n) is 8.01.